The Balaban J connectivity index is 1.42. The van der Waals surface area contributed by atoms with Crippen molar-refractivity contribution in [3.05, 3.63) is 95.6 Å². The number of carbonyl (C=O) groups is 2. The topological polar surface area (TPSA) is 85.7 Å². The van der Waals surface area contributed by atoms with E-state index in [2.05, 4.69) is 11.4 Å². The zero-order valence-corrected chi connectivity index (χ0v) is 18.9. The molecule has 2 aromatic rings. The molecular weight excluding hydrogens is 428 g/mol. The van der Waals surface area contributed by atoms with E-state index < -0.39 is 5.54 Å². The van der Waals surface area contributed by atoms with Crippen molar-refractivity contribution in [2.45, 2.75) is 18.5 Å². The Morgan fingerprint density at radius 1 is 1.09 bits per heavy atom. The van der Waals surface area contributed by atoms with E-state index in [1.165, 1.54) is 4.90 Å². The Labute approximate surface area is 199 Å². The summed E-state index contributed by atoms with van der Waals surface area (Å²) in [4.78, 5) is 30.2. The molecule has 174 valence electrons. The quantitative estimate of drug-likeness (QED) is 0.724. The van der Waals surface area contributed by atoms with Crippen LogP contribution in [0.1, 0.15) is 27.9 Å². The molecule has 2 aliphatic heterocycles. The van der Waals surface area contributed by atoms with Crippen LogP contribution in [0.5, 0.6) is 0 Å². The molecule has 7 nitrogen and oxygen atoms in total. The van der Waals surface area contributed by atoms with Crippen molar-refractivity contribution in [2.75, 3.05) is 26.3 Å². The van der Waals surface area contributed by atoms with Crippen LogP contribution in [-0.2, 0) is 21.6 Å². The second kappa shape index (κ2) is 9.27. The van der Waals surface area contributed by atoms with Gasteiger partial charge < -0.3 is 15.0 Å². The van der Waals surface area contributed by atoms with Gasteiger partial charge in [0.25, 0.3) is 11.8 Å². The fourth-order valence-corrected chi connectivity index (χ4v) is 4.97. The number of amides is 2. The molecule has 0 saturated carbocycles. The molecule has 2 saturated heterocycles. The SMILES string of the molecule is N=C1NC(c2ccccc2)(C2C=CC=CC2)C(=O)N1Cc1cccc(C(=O)N2CCOCC2)c1. The number of morpholine rings is 1. The average molecular weight is 457 g/mol. The second-order valence-electron chi connectivity index (χ2n) is 8.80. The fraction of sp³-hybridized carbons (Fsp3) is 0.296. The minimum Gasteiger partial charge on any atom is -0.378 e. The Morgan fingerprint density at radius 3 is 2.62 bits per heavy atom. The third-order valence-electron chi connectivity index (χ3n) is 6.75. The maximum Gasteiger partial charge on any atom is 0.260 e. The lowest BCUT2D eigenvalue weighted by molar-refractivity contribution is -0.133. The van der Waals surface area contributed by atoms with Gasteiger partial charge in [0, 0.05) is 24.6 Å². The summed E-state index contributed by atoms with van der Waals surface area (Å²) in [5.74, 6) is -0.240. The Hall–Kier alpha value is -3.71. The van der Waals surface area contributed by atoms with Crippen molar-refractivity contribution < 1.29 is 14.3 Å². The first-order valence-corrected chi connectivity index (χ1v) is 11.6. The fourth-order valence-electron chi connectivity index (χ4n) is 4.97. The third kappa shape index (κ3) is 3.92. The van der Waals surface area contributed by atoms with Crippen LogP contribution < -0.4 is 5.32 Å². The Bertz CT molecular complexity index is 1150. The summed E-state index contributed by atoms with van der Waals surface area (Å²) in [6, 6.07) is 17.0. The van der Waals surface area contributed by atoms with Gasteiger partial charge >= 0.3 is 0 Å². The zero-order chi connectivity index (χ0) is 23.5. The summed E-state index contributed by atoms with van der Waals surface area (Å²) in [5.41, 5.74) is 1.19. The first-order chi connectivity index (χ1) is 16.6. The number of hydrogen-bond donors (Lipinski definition) is 2. The molecular formula is C27H28N4O3. The summed E-state index contributed by atoms with van der Waals surface area (Å²) in [6.07, 6.45) is 8.73. The molecule has 5 rings (SSSR count). The number of nitrogens with zero attached hydrogens (tertiary/aromatic N) is 2. The van der Waals surface area contributed by atoms with Gasteiger partial charge in [0.2, 0.25) is 0 Å². The number of rotatable bonds is 5. The summed E-state index contributed by atoms with van der Waals surface area (Å²) < 4.78 is 5.35. The summed E-state index contributed by atoms with van der Waals surface area (Å²) in [7, 11) is 0. The molecule has 1 aliphatic carbocycles. The normalized spacial score (nSPS) is 24.4. The zero-order valence-electron chi connectivity index (χ0n) is 18.9. The molecule has 2 amide bonds. The van der Waals surface area contributed by atoms with Crippen molar-refractivity contribution in [1.82, 2.24) is 15.1 Å². The average Bonchev–Trinajstić information content (AvgIpc) is 3.15. The maximum absolute atomic E-state index is 14.0. The van der Waals surface area contributed by atoms with Gasteiger partial charge in [0.15, 0.2) is 11.5 Å². The highest BCUT2D eigenvalue weighted by molar-refractivity contribution is 6.08. The number of nitrogens with one attached hydrogen (secondary N) is 2. The molecule has 2 atom stereocenters. The van der Waals surface area contributed by atoms with E-state index >= 15 is 0 Å². The summed E-state index contributed by atoms with van der Waals surface area (Å²) in [6.45, 7) is 2.46. The molecule has 2 N–H and O–H groups in total. The van der Waals surface area contributed by atoms with Crippen LogP contribution in [0.2, 0.25) is 0 Å². The lowest BCUT2D eigenvalue weighted by Gasteiger charge is -2.34. The van der Waals surface area contributed by atoms with Crippen molar-refractivity contribution in [3.63, 3.8) is 0 Å². The van der Waals surface area contributed by atoms with Crippen LogP contribution in [0.3, 0.4) is 0 Å². The van der Waals surface area contributed by atoms with Crippen molar-refractivity contribution in [3.8, 4) is 0 Å². The third-order valence-corrected chi connectivity index (χ3v) is 6.75. The molecule has 2 fully saturated rings. The molecule has 2 aromatic carbocycles. The van der Waals surface area contributed by atoms with Gasteiger partial charge in [-0.15, -0.1) is 0 Å². The van der Waals surface area contributed by atoms with Crippen LogP contribution in [0, 0.1) is 11.3 Å². The molecule has 7 heteroatoms. The lowest BCUT2D eigenvalue weighted by Crippen LogP contribution is -2.50. The van der Waals surface area contributed by atoms with Gasteiger partial charge in [-0.3, -0.25) is 19.9 Å². The molecule has 0 radical (unpaired) electrons. The van der Waals surface area contributed by atoms with Crippen LogP contribution in [-0.4, -0.2) is 53.9 Å². The Kier molecular flexibility index (Phi) is 6.02. The van der Waals surface area contributed by atoms with E-state index in [-0.39, 0.29) is 30.2 Å². The number of ether oxygens (including phenoxy) is 1. The minimum atomic E-state index is -1.04. The predicted molar refractivity (Wildman–Crippen MR) is 129 cm³/mol. The van der Waals surface area contributed by atoms with Crippen molar-refractivity contribution in [1.29, 1.82) is 5.41 Å². The van der Waals surface area contributed by atoms with Crippen LogP contribution >= 0.6 is 0 Å². The predicted octanol–water partition coefficient (Wildman–Crippen LogP) is 3.05. The second-order valence-corrected chi connectivity index (χ2v) is 8.80. The van der Waals surface area contributed by atoms with E-state index in [1.807, 2.05) is 66.8 Å². The summed E-state index contributed by atoms with van der Waals surface area (Å²) >= 11 is 0. The highest BCUT2D eigenvalue weighted by Gasteiger charge is 2.54. The number of guanidine groups is 1. The van der Waals surface area contributed by atoms with Crippen LogP contribution in [0.15, 0.2) is 78.9 Å². The van der Waals surface area contributed by atoms with E-state index in [0.29, 0.717) is 38.3 Å². The first-order valence-electron chi connectivity index (χ1n) is 11.6. The maximum atomic E-state index is 14.0. The highest BCUT2D eigenvalue weighted by Crippen LogP contribution is 2.40. The molecule has 0 aromatic heterocycles. The van der Waals surface area contributed by atoms with Crippen molar-refractivity contribution >= 4 is 17.8 Å². The Morgan fingerprint density at radius 2 is 1.88 bits per heavy atom. The van der Waals surface area contributed by atoms with Crippen LogP contribution in [0.25, 0.3) is 0 Å². The highest BCUT2D eigenvalue weighted by atomic mass is 16.5. The van der Waals surface area contributed by atoms with E-state index in [9.17, 15) is 9.59 Å². The number of carbonyl (C=O) groups excluding carboxylic acids is 2. The van der Waals surface area contributed by atoms with E-state index in [4.69, 9.17) is 10.1 Å². The molecule has 0 bridgehead atoms. The van der Waals surface area contributed by atoms with E-state index in [0.717, 1.165) is 11.1 Å². The standard InChI is InChI=1S/C27H28N4O3/c28-26-29-27(22-10-3-1-4-11-22,23-12-5-2-6-13-23)25(33)31(26)19-20-8-7-9-21(18-20)24(32)30-14-16-34-17-15-30/h1-12,18,23H,13-17,19H2,(H2,28,29). The number of hydrogen-bond acceptors (Lipinski definition) is 4. The minimum absolute atomic E-state index is 0.0381. The van der Waals surface area contributed by atoms with Crippen LogP contribution in [0.4, 0.5) is 0 Å². The first kappa shape index (κ1) is 22.1. The van der Waals surface area contributed by atoms with E-state index in [1.54, 1.807) is 11.0 Å². The van der Waals surface area contributed by atoms with Gasteiger partial charge in [-0.1, -0.05) is 66.8 Å². The summed E-state index contributed by atoms with van der Waals surface area (Å²) in [5, 5.41) is 11.9. The lowest BCUT2D eigenvalue weighted by atomic mass is 9.75. The van der Waals surface area contributed by atoms with Crippen molar-refractivity contribution in [2.24, 2.45) is 5.92 Å². The monoisotopic (exact) mass is 456 g/mol. The van der Waals surface area contributed by atoms with Gasteiger partial charge in [-0.2, -0.15) is 0 Å². The number of benzene rings is 2. The number of allylic oxidation sites excluding steroid dienone is 3. The molecule has 2 heterocycles. The molecule has 3 aliphatic rings. The molecule has 2 unspecified atom stereocenters. The largest absolute Gasteiger partial charge is 0.378 e. The van der Waals surface area contributed by atoms with Gasteiger partial charge in [0.05, 0.1) is 19.8 Å². The van der Waals surface area contributed by atoms with Gasteiger partial charge in [-0.25, -0.2) is 0 Å². The molecule has 0 spiro atoms. The van der Waals surface area contributed by atoms with Gasteiger partial charge in [-0.05, 0) is 29.7 Å². The molecule has 34 heavy (non-hydrogen) atoms. The van der Waals surface area contributed by atoms with Gasteiger partial charge in [0.1, 0.15) is 0 Å². The smallest absolute Gasteiger partial charge is 0.260 e.